The van der Waals surface area contributed by atoms with Crippen LogP contribution in [0.5, 0.6) is 0 Å². The van der Waals surface area contributed by atoms with E-state index in [1.54, 1.807) is 26.0 Å². The van der Waals surface area contributed by atoms with Crippen molar-refractivity contribution in [1.82, 2.24) is 10.1 Å². The van der Waals surface area contributed by atoms with Crippen molar-refractivity contribution < 1.29 is 22.1 Å². The third-order valence-electron chi connectivity index (χ3n) is 5.96. The summed E-state index contributed by atoms with van der Waals surface area (Å²) in [5, 5.41) is 6.80. The molecule has 1 atom stereocenters. The minimum absolute atomic E-state index is 0.0139. The molecule has 4 aromatic rings. The quantitative estimate of drug-likeness (QED) is 0.235. The number of fused-ring (bicyclic) bond motifs is 1. The van der Waals surface area contributed by atoms with Gasteiger partial charge >= 0.3 is 5.76 Å². The molecule has 0 aliphatic heterocycles. The lowest BCUT2D eigenvalue weighted by Crippen LogP contribution is -2.14. The van der Waals surface area contributed by atoms with Crippen molar-refractivity contribution in [3.05, 3.63) is 97.1 Å². The molecule has 38 heavy (non-hydrogen) atoms. The average molecular weight is 521 g/mol. The van der Waals surface area contributed by atoms with Crippen LogP contribution >= 0.6 is 0 Å². The first-order chi connectivity index (χ1) is 18.0. The highest BCUT2D eigenvalue weighted by atomic mass is 19.2. The van der Waals surface area contributed by atoms with Gasteiger partial charge in [-0.2, -0.15) is 0 Å². The van der Waals surface area contributed by atoms with E-state index in [9.17, 15) is 22.8 Å². The summed E-state index contributed by atoms with van der Waals surface area (Å²) in [4.78, 5) is 27.0. The molecule has 194 valence electrons. The first kappa shape index (κ1) is 26.3. The first-order valence-electron chi connectivity index (χ1n) is 11.4. The zero-order chi connectivity index (χ0) is 27.7. The Morgan fingerprint density at radius 2 is 1.97 bits per heavy atom. The number of rotatable bonds is 6. The topological polar surface area (TPSA) is 101 Å². The van der Waals surface area contributed by atoms with Gasteiger partial charge in [-0.1, -0.05) is 17.1 Å². The van der Waals surface area contributed by atoms with E-state index < -0.39 is 29.3 Å². The van der Waals surface area contributed by atoms with Gasteiger partial charge < -0.3 is 9.73 Å². The Balaban J connectivity index is 1.92. The summed E-state index contributed by atoms with van der Waals surface area (Å²) >= 11 is 0. The molecule has 0 aliphatic rings. The molecule has 7 nitrogen and oxygen atoms in total. The van der Waals surface area contributed by atoms with Crippen LogP contribution in [-0.4, -0.2) is 10.1 Å². The molecule has 0 amide bonds. The summed E-state index contributed by atoms with van der Waals surface area (Å²) in [6.07, 6.45) is 7.91. The van der Waals surface area contributed by atoms with E-state index in [2.05, 4.69) is 25.9 Å². The fourth-order valence-electron chi connectivity index (χ4n) is 4.18. The Hall–Kier alpha value is -4.78. The highest BCUT2D eigenvalue weighted by molar-refractivity contribution is 5.86. The standard InChI is InChI=1S/C28H22F3N3O4/c1-6-7-8-17(15(4)29)25-14(3)24(35)19-12-13(2)11-18(26(19)37-25)16(5)32-21-10-9-20(30)23(31)22(21)27-33-28(36)38-34-27/h1,7-12,16,32H,2-5H3,(H,33,34,36)/b8-7-,17-15-. The van der Waals surface area contributed by atoms with Crippen LogP contribution in [-0.2, 0) is 0 Å². The van der Waals surface area contributed by atoms with Crippen molar-refractivity contribution in [2.45, 2.75) is 33.7 Å². The zero-order valence-corrected chi connectivity index (χ0v) is 20.8. The van der Waals surface area contributed by atoms with Gasteiger partial charge in [-0.25, -0.2) is 18.0 Å². The molecule has 0 aliphatic carbocycles. The second-order valence-electron chi connectivity index (χ2n) is 8.66. The number of hydrogen-bond acceptors (Lipinski definition) is 6. The molecule has 0 radical (unpaired) electrons. The number of aromatic amines is 1. The van der Waals surface area contributed by atoms with E-state index in [0.717, 1.165) is 11.6 Å². The maximum atomic E-state index is 14.8. The van der Waals surface area contributed by atoms with Crippen LogP contribution in [0.1, 0.15) is 42.3 Å². The molecule has 0 saturated heterocycles. The van der Waals surface area contributed by atoms with Crippen LogP contribution in [0.3, 0.4) is 0 Å². The molecule has 0 fully saturated rings. The number of nitrogens with zero attached hydrogens (tertiary/aromatic N) is 1. The summed E-state index contributed by atoms with van der Waals surface area (Å²) < 4.78 is 53.9. The highest BCUT2D eigenvalue weighted by Gasteiger charge is 2.23. The van der Waals surface area contributed by atoms with Crippen molar-refractivity contribution in [2.24, 2.45) is 0 Å². The van der Waals surface area contributed by atoms with Crippen LogP contribution in [0, 0.1) is 37.8 Å². The number of anilines is 1. The van der Waals surface area contributed by atoms with Crippen LogP contribution in [0.4, 0.5) is 18.9 Å². The van der Waals surface area contributed by atoms with Crippen molar-refractivity contribution in [3.63, 3.8) is 0 Å². The third-order valence-corrected chi connectivity index (χ3v) is 5.96. The number of aryl methyl sites for hydroxylation is 1. The van der Waals surface area contributed by atoms with E-state index in [0.29, 0.717) is 5.56 Å². The lowest BCUT2D eigenvalue weighted by Gasteiger charge is -2.20. The Morgan fingerprint density at radius 3 is 2.61 bits per heavy atom. The molecular weight excluding hydrogens is 499 g/mol. The number of benzene rings is 2. The number of H-pyrrole nitrogens is 1. The maximum Gasteiger partial charge on any atom is 0.439 e. The van der Waals surface area contributed by atoms with Gasteiger partial charge in [0, 0.05) is 22.4 Å². The van der Waals surface area contributed by atoms with Crippen LogP contribution in [0.15, 0.2) is 60.8 Å². The maximum absolute atomic E-state index is 14.8. The van der Waals surface area contributed by atoms with E-state index in [-0.39, 0.29) is 50.4 Å². The van der Waals surface area contributed by atoms with Gasteiger partial charge in [0.1, 0.15) is 17.2 Å². The first-order valence-corrected chi connectivity index (χ1v) is 11.4. The van der Waals surface area contributed by atoms with E-state index in [1.807, 2.05) is 0 Å². The second-order valence-corrected chi connectivity index (χ2v) is 8.66. The minimum Gasteiger partial charge on any atom is -0.455 e. The van der Waals surface area contributed by atoms with Crippen LogP contribution in [0.2, 0.25) is 0 Å². The number of nitrogens with one attached hydrogen (secondary N) is 2. The molecule has 2 heterocycles. The van der Waals surface area contributed by atoms with E-state index >= 15 is 0 Å². The number of allylic oxidation sites excluding steroid dienone is 4. The molecule has 2 aromatic heterocycles. The molecular formula is C28H22F3N3O4. The molecule has 0 spiro atoms. The van der Waals surface area contributed by atoms with Gasteiger partial charge in [-0.15, -0.1) is 6.42 Å². The molecule has 2 N–H and O–H groups in total. The fourth-order valence-corrected chi connectivity index (χ4v) is 4.18. The Kier molecular flexibility index (Phi) is 7.12. The third kappa shape index (κ3) is 4.78. The second kappa shape index (κ2) is 10.3. The smallest absolute Gasteiger partial charge is 0.439 e. The molecule has 0 saturated carbocycles. The largest absolute Gasteiger partial charge is 0.455 e. The molecule has 2 aromatic carbocycles. The van der Waals surface area contributed by atoms with Gasteiger partial charge in [-0.3, -0.25) is 14.3 Å². The summed E-state index contributed by atoms with van der Waals surface area (Å²) in [6, 6.07) is 4.95. The predicted octanol–water partition coefficient (Wildman–Crippen LogP) is 6.09. The highest BCUT2D eigenvalue weighted by Crippen LogP contribution is 2.35. The van der Waals surface area contributed by atoms with Crippen molar-refractivity contribution in [2.75, 3.05) is 5.32 Å². The fraction of sp³-hybridized carbons (Fsp3) is 0.179. The molecule has 4 rings (SSSR count). The van der Waals surface area contributed by atoms with Gasteiger partial charge in [0.2, 0.25) is 0 Å². The Bertz CT molecular complexity index is 1780. The number of hydrogen-bond donors (Lipinski definition) is 2. The Labute approximate surface area is 214 Å². The lowest BCUT2D eigenvalue weighted by molar-refractivity contribution is 0.387. The number of terminal acetylenes is 1. The molecule has 1 unspecified atom stereocenters. The van der Waals surface area contributed by atoms with Crippen molar-refractivity contribution in [1.29, 1.82) is 0 Å². The van der Waals surface area contributed by atoms with E-state index in [1.165, 1.54) is 32.1 Å². The summed E-state index contributed by atoms with van der Waals surface area (Å²) in [6.45, 7) is 6.25. The normalized spacial score (nSPS) is 13.0. The van der Waals surface area contributed by atoms with Crippen LogP contribution in [0.25, 0.3) is 27.9 Å². The predicted molar refractivity (Wildman–Crippen MR) is 138 cm³/mol. The van der Waals surface area contributed by atoms with Gasteiger partial charge in [0.15, 0.2) is 22.9 Å². The number of aromatic nitrogens is 2. The SMILES string of the molecule is C#C/C=C\C(=C(/C)F)c1oc2c(C(C)Nc3ccc(F)c(F)c3-c3noc(=O)[nH]3)cc(C)cc2c(=O)c1C. The number of halogens is 3. The van der Waals surface area contributed by atoms with Gasteiger partial charge in [0.25, 0.3) is 0 Å². The lowest BCUT2D eigenvalue weighted by atomic mass is 9.98. The average Bonchev–Trinajstić information content (AvgIpc) is 3.30. The monoisotopic (exact) mass is 521 g/mol. The zero-order valence-electron chi connectivity index (χ0n) is 20.8. The molecule has 0 bridgehead atoms. The minimum atomic E-state index is -1.25. The molecule has 10 heteroatoms. The van der Waals surface area contributed by atoms with Gasteiger partial charge in [-0.05, 0) is 63.6 Å². The van der Waals surface area contributed by atoms with Gasteiger partial charge in [0.05, 0.1) is 17.0 Å². The summed E-state index contributed by atoms with van der Waals surface area (Å²) in [5.41, 5.74) is 0.979. The van der Waals surface area contributed by atoms with Crippen molar-refractivity contribution in [3.8, 4) is 23.7 Å². The van der Waals surface area contributed by atoms with E-state index in [4.69, 9.17) is 10.8 Å². The summed E-state index contributed by atoms with van der Waals surface area (Å²) in [7, 11) is 0. The van der Waals surface area contributed by atoms with Crippen molar-refractivity contribution >= 4 is 22.2 Å². The Morgan fingerprint density at radius 1 is 1.24 bits per heavy atom. The summed E-state index contributed by atoms with van der Waals surface area (Å²) in [5.74, 6) is -1.96. The van der Waals surface area contributed by atoms with Crippen LogP contribution < -0.4 is 16.5 Å².